The van der Waals surface area contributed by atoms with Gasteiger partial charge in [-0.2, -0.15) is 0 Å². The van der Waals surface area contributed by atoms with E-state index in [0.717, 1.165) is 44.6 Å². The van der Waals surface area contributed by atoms with Crippen LogP contribution in [-0.4, -0.2) is 24.9 Å². The minimum atomic E-state index is 0.662. The van der Waals surface area contributed by atoms with E-state index in [1.54, 1.807) is 11.8 Å². The molecular weight excluding hydrogens is 382 g/mol. The van der Waals surface area contributed by atoms with E-state index in [-0.39, 0.29) is 0 Å². The van der Waals surface area contributed by atoms with Crippen LogP contribution in [0.1, 0.15) is 17.0 Å². The Morgan fingerprint density at radius 1 is 1.03 bits per heavy atom. The second-order valence-electron chi connectivity index (χ2n) is 6.95. The minimum Gasteiger partial charge on any atom is -0.361 e. The van der Waals surface area contributed by atoms with Crippen LogP contribution in [0.3, 0.4) is 0 Å². The maximum atomic E-state index is 5.19. The monoisotopic (exact) mass is 401 g/mol. The average Bonchev–Trinajstić information content (AvgIpc) is 3.43. The molecule has 29 heavy (non-hydrogen) atoms. The summed E-state index contributed by atoms with van der Waals surface area (Å²) in [6.07, 6.45) is 2.00. The predicted octanol–water partition coefficient (Wildman–Crippen LogP) is 5.31. The van der Waals surface area contributed by atoms with Crippen molar-refractivity contribution in [3.8, 4) is 17.1 Å². The maximum Gasteiger partial charge on any atom is 0.196 e. The van der Waals surface area contributed by atoms with Crippen LogP contribution in [0, 0.1) is 13.8 Å². The Kier molecular flexibility index (Phi) is 4.44. The summed E-state index contributed by atoms with van der Waals surface area (Å²) in [7, 11) is 0. The second kappa shape index (κ2) is 7.25. The number of H-pyrrole nitrogens is 1. The highest BCUT2D eigenvalue weighted by atomic mass is 32.2. The van der Waals surface area contributed by atoms with Crippen LogP contribution in [0.15, 0.2) is 70.5 Å². The molecule has 0 fully saturated rings. The third kappa shape index (κ3) is 3.34. The second-order valence-corrected chi connectivity index (χ2v) is 7.89. The Labute approximate surface area is 172 Å². The number of hydrogen-bond acceptors (Lipinski definition) is 5. The maximum absolute atomic E-state index is 5.19. The van der Waals surface area contributed by atoms with Crippen LogP contribution >= 0.6 is 11.8 Å². The fourth-order valence-electron chi connectivity index (χ4n) is 3.42. The molecule has 0 spiro atoms. The first-order valence-electron chi connectivity index (χ1n) is 9.33. The van der Waals surface area contributed by atoms with Gasteiger partial charge in [0.2, 0.25) is 0 Å². The Bertz CT molecular complexity index is 1300. The number of aromatic amines is 1. The molecule has 0 unspecified atom stereocenters. The van der Waals surface area contributed by atoms with Gasteiger partial charge < -0.3 is 9.51 Å². The Morgan fingerprint density at radius 3 is 2.76 bits per heavy atom. The van der Waals surface area contributed by atoms with E-state index in [0.29, 0.717) is 5.75 Å². The molecule has 0 amide bonds. The third-order valence-corrected chi connectivity index (χ3v) is 5.71. The fourth-order valence-corrected chi connectivity index (χ4v) is 4.25. The summed E-state index contributed by atoms with van der Waals surface area (Å²) in [5.41, 5.74) is 5.21. The lowest BCUT2D eigenvalue weighted by molar-refractivity contribution is 0.393. The molecule has 5 rings (SSSR count). The van der Waals surface area contributed by atoms with Crippen molar-refractivity contribution < 1.29 is 4.52 Å². The van der Waals surface area contributed by atoms with Gasteiger partial charge in [-0.3, -0.25) is 4.57 Å². The van der Waals surface area contributed by atoms with Gasteiger partial charge >= 0.3 is 0 Å². The minimum absolute atomic E-state index is 0.662. The number of nitrogens with one attached hydrogen (secondary N) is 1. The summed E-state index contributed by atoms with van der Waals surface area (Å²) in [5.74, 6) is 2.28. The molecule has 0 saturated carbocycles. The first-order chi connectivity index (χ1) is 14.2. The predicted molar refractivity (Wildman–Crippen MR) is 114 cm³/mol. The van der Waals surface area contributed by atoms with E-state index in [9.17, 15) is 0 Å². The number of fused-ring (bicyclic) bond motifs is 1. The standard InChI is InChI=1S/C22H19N5OS/c1-14-6-5-7-17(10-14)27-21(19-12-23-20-9-4-3-8-18(19)20)24-25-22(27)29-13-16-11-15(2)28-26-16/h3-12,23H,13H2,1-2H3. The Morgan fingerprint density at radius 2 is 1.93 bits per heavy atom. The summed E-state index contributed by atoms with van der Waals surface area (Å²) in [6, 6.07) is 18.5. The number of benzene rings is 2. The van der Waals surface area contributed by atoms with Crippen LogP contribution in [0.25, 0.3) is 28.0 Å². The molecule has 0 aliphatic carbocycles. The van der Waals surface area contributed by atoms with Gasteiger partial charge in [-0.15, -0.1) is 10.2 Å². The number of rotatable bonds is 5. The first-order valence-corrected chi connectivity index (χ1v) is 10.3. The number of hydrogen-bond donors (Lipinski definition) is 1. The topological polar surface area (TPSA) is 72.5 Å². The summed E-state index contributed by atoms with van der Waals surface area (Å²) >= 11 is 1.59. The van der Waals surface area contributed by atoms with Crippen LogP contribution in [-0.2, 0) is 5.75 Å². The van der Waals surface area contributed by atoms with Crippen LogP contribution in [0.4, 0.5) is 0 Å². The van der Waals surface area contributed by atoms with Crippen molar-refractivity contribution in [2.45, 2.75) is 24.8 Å². The van der Waals surface area contributed by atoms with Crippen LogP contribution < -0.4 is 0 Å². The number of thioether (sulfide) groups is 1. The number of aromatic nitrogens is 5. The molecule has 0 bridgehead atoms. The molecule has 2 aromatic carbocycles. The molecule has 0 aliphatic rings. The Balaban J connectivity index is 1.62. The lowest BCUT2D eigenvalue weighted by Crippen LogP contribution is -2.00. The van der Waals surface area contributed by atoms with Gasteiger partial charge in [0, 0.05) is 40.2 Å². The number of nitrogens with zero attached hydrogens (tertiary/aromatic N) is 4. The zero-order chi connectivity index (χ0) is 19.8. The average molecular weight is 401 g/mol. The summed E-state index contributed by atoms with van der Waals surface area (Å²) in [5, 5.41) is 15.1. The molecule has 3 heterocycles. The SMILES string of the molecule is Cc1cccc(-n2c(SCc3cc(C)on3)nnc2-c2c[nH]c3ccccc23)c1. The first kappa shape index (κ1) is 17.8. The molecule has 144 valence electrons. The quantitative estimate of drug-likeness (QED) is 0.404. The van der Waals surface area contributed by atoms with E-state index in [1.807, 2.05) is 31.3 Å². The van der Waals surface area contributed by atoms with Gasteiger partial charge in [-0.1, -0.05) is 47.3 Å². The number of para-hydroxylation sites is 1. The van der Waals surface area contributed by atoms with Gasteiger partial charge in [0.05, 0.1) is 5.69 Å². The van der Waals surface area contributed by atoms with Gasteiger partial charge in [-0.25, -0.2) is 0 Å². The molecular formula is C22H19N5OS. The van der Waals surface area contributed by atoms with Crippen molar-refractivity contribution in [3.63, 3.8) is 0 Å². The van der Waals surface area contributed by atoms with Crippen molar-refractivity contribution in [1.82, 2.24) is 24.9 Å². The number of aryl methyl sites for hydroxylation is 2. The van der Waals surface area contributed by atoms with E-state index in [2.05, 4.69) is 68.2 Å². The summed E-state index contributed by atoms with van der Waals surface area (Å²) in [6.45, 7) is 3.98. The molecule has 6 nitrogen and oxygen atoms in total. The fraction of sp³-hybridized carbons (Fsp3) is 0.136. The van der Waals surface area contributed by atoms with Gasteiger partial charge in [0.15, 0.2) is 11.0 Å². The highest BCUT2D eigenvalue weighted by Gasteiger charge is 2.19. The van der Waals surface area contributed by atoms with Gasteiger partial charge in [0.25, 0.3) is 0 Å². The van der Waals surface area contributed by atoms with Crippen LogP contribution in [0.2, 0.25) is 0 Å². The van der Waals surface area contributed by atoms with Crippen molar-refractivity contribution in [1.29, 1.82) is 0 Å². The lowest BCUT2D eigenvalue weighted by Gasteiger charge is -2.10. The zero-order valence-electron chi connectivity index (χ0n) is 16.1. The van der Waals surface area contributed by atoms with Crippen LogP contribution in [0.5, 0.6) is 0 Å². The third-order valence-electron chi connectivity index (χ3n) is 4.75. The van der Waals surface area contributed by atoms with Crippen molar-refractivity contribution in [3.05, 3.63) is 77.8 Å². The highest BCUT2D eigenvalue weighted by Crippen LogP contribution is 2.33. The lowest BCUT2D eigenvalue weighted by atomic mass is 10.1. The van der Waals surface area contributed by atoms with E-state index < -0.39 is 0 Å². The smallest absolute Gasteiger partial charge is 0.196 e. The van der Waals surface area contributed by atoms with Crippen molar-refractivity contribution >= 4 is 22.7 Å². The molecule has 0 saturated heterocycles. The highest BCUT2D eigenvalue weighted by molar-refractivity contribution is 7.98. The van der Waals surface area contributed by atoms with E-state index in [1.165, 1.54) is 5.56 Å². The molecule has 0 radical (unpaired) electrons. The summed E-state index contributed by atoms with van der Waals surface area (Å²) < 4.78 is 7.30. The van der Waals surface area contributed by atoms with E-state index >= 15 is 0 Å². The van der Waals surface area contributed by atoms with Crippen molar-refractivity contribution in [2.24, 2.45) is 0 Å². The van der Waals surface area contributed by atoms with Crippen molar-refractivity contribution in [2.75, 3.05) is 0 Å². The van der Waals surface area contributed by atoms with E-state index in [4.69, 9.17) is 4.52 Å². The molecule has 0 atom stereocenters. The molecule has 0 aliphatic heterocycles. The normalized spacial score (nSPS) is 11.4. The Hall–Kier alpha value is -3.32. The molecule has 5 aromatic rings. The molecule has 1 N–H and O–H groups in total. The largest absolute Gasteiger partial charge is 0.361 e. The summed E-state index contributed by atoms with van der Waals surface area (Å²) in [4.78, 5) is 3.34. The van der Waals surface area contributed by atoms with Gasteiger partial charge in [-0.05, 0) is 37.6 Å². The zero-order valence-corrected chi connectivity index (χ0v) is 16.9. The molecule has 7 heteroatoms. The van der Waals surface area contributed by atoms with Gasteiger partial charge in [0.1, 0.15) is 5.76 Å². The molecule has 3 aromatic heterocycles.